The highest BCUT2D eigenvalue weighted by molar-refractivity contribution is 9.10. The van der Waals surface area contributed by atoms with E-state index in [0.29, 0.717) is 5.75 Å². The molecule has 1 aromatic rings. The topological polar surface area (TPSA) is 46.2 Å². The second kappa shape index (κ2) is 3.49. The van der Waals surface area contributed by atoms with Crippen LogP contribution < -0.4 is 5.73 Å². The van der Waals surface area contributed by atoms with E-state index in [1.807, 2.05) is 13.8 Å². The van der Waals surface area contributed by atoms with Crippen LogP contribution in [-0.4, -0.2) is 5.11 Å². The molecule has 0 atom stereocenters. The van der Waals surface area contributed by atoms with E-state index in [-0.39, 0.29) is 0 Å². The highest BCUT2D eigenvalue weighted by Gasteiger charge is 2.25. The Kier molecular flexibility index (Phi) is 2.55. The van der Waals surface area contributed by atoms with Crippen LogP contribution in [-0.2, 0) is 18.4 Å². The van der Waals surface area contributed by atoms with E-state index in [1.54, 1.807) is 0 Å². The fourth-order valence-electron chi connectivity index (χ4n) is 2.17. The van der Waals surface area contributed by atoms with Gasteiger partial charge in [-0.2, -0.15) is 0 Å². The van der Waals surface area contributed by atoms with Crippen molar-refractivity contribution >= 4 is 15.9 Å². The lowest BCUT2D eigenvalue weighted by Gasteiger charge is -2.22. The second-order valence-electron chi connectivity index (χ2n) is 4.80. The first-order valence-electron chi connectivity index (χ1n) is 5.24. The molecular formula is C12H16BrNO. The lowest BCUT2D eigenvalue weighted by atomic mass is 9.91. The second-order valence-corrected chi connectivity index (χ2v) is 5.59. The Morgan fingerprint density at radius 3 is 2.67 bits per heavy atom. The summed E-state index contributed by atoms with van der Waals surface area (Å²) >= 11 is 3.47. The fraction of sp³-hybridized carbons (Fsp3) is 0.500. The van der Waals surface area contributed by atoms with Gasteiger partial charge >= 0.3 is 0 Å². The van der Waals surface area contributed by atoms with Gasteiger partial charge in [0.1, 0.15) is 5.75 Å². The molecule has 0 fully saturated rings. The Morgan fingerprint density at radius 1 is 1.40 bits per heavy atom. The molecule has 2 rings (SSSR count). The number of hydrogen-bond acceptors (Lipinski definition) is 2. The van der Waals surface area contributed by atoms with Crippen molar-refractivity contribution in [3.8, 4) is 5.75 Å². The number of nitrogens with two attached hydrogens (primary N) is 1. The van der Waals surface area contributed by atoms with Crippen LogP contribution in [0.5, 0.6) is 5.75 Å². The van der Waals surface area contributed by atoms with Gasteiger partial charge in [-0.3, -0.25) is 0 Å². The first-order valence-corrected chi connectivity index (χ1v) is 6.03. The van der Waals surface area contributed by atoms with E-state index in [1.165, 1.54) is 17.5 Å². The quantitative estimate of drug-likeness (QED) is 0.824. The van der Waals surface area contributed by atoms with Gasteiger partial charge in [-0.15, -0.1) is 0 Å². The number of benzene rings is 1. The van der Waals surface area contributed by atoms with Crippen molar-refractivity contribution in [2.75, 3.05) is 0 Å². The summed E-state index contributed by atoms with van der Waals surface area (Å²) in [5.74, 6) is 0.308. The number of phenols is 1. The minimum Gasteiger partial charge on any atom is -0.506 e. The van der Waals surface area contributed by atoms with Crippen LogP contribution in [0.4, 0.5) is 0 Å². The van der Waals surface area contributed by atoms with E-state index < -0.39 is 5.54 Å². The molecule has 0 bridgehead atoms. The Hall–Kier alpha value is -0.540. The molecular weight excluding hydrogens is 254 g/mol. The molecule has 2 nitrogen and oxygen atoms in total. The van der Waals surface area contributed by atoms with E-state index in [2.05, 4.69) is 22.0 Å². The van der Waals surface area contributed by atoms with Gasteiger partial charge in [0.05, 0.1) is 4.47 Å². The largest absolute Gasteiger partial charge is 0.506 e. The number of hydrogen-bond donors (Lipinski definition) is 2. The summed E-state index contributed by atoms with van der Waals surface area (Å²) in [4.78, 5) is 0. The normalized spacial score (nSPS) is 15.5. The van der Waals surface area contributed by atoms with Gasteiger partial charge < -0.3 is 10.8 Å². The van der Waals surface area contributed by atoms with Crippen molar-refractivity contribution in [1.29, 1.82) is 0 Å². The molecule has 3 N–H and O–H groups in total. The van der Waals surface area contributed by atoms with Gasteiger partial charge in [0.15, 0.2) is 0 Å². The molecule has 0 aliphatic heterocycles. The van der Waals surface area contributed by atoms with Crippen LogP contribution in [0.15, 0.2) is 10.5 Å². The van der Waals surface area contributed by atoms with Gasteiger partial charge in [0.2, 0.25) is 0 Å². The Labute approximate surface area is 98.6 Å². The SMILES string of the molecule is CC(C)(N)c1cc2c(c(Br)c1O)CCC2. The molecule has 0 spiro atoms. The predicted molar refractivity (Wildman–Crippen MR) is 65.0 cm³/mol. The molecule has 1 aromatic carbocycles. The number of halogens is 1. The van der Waals surface area contributed by atoms with Crippen molar-refractivity contribution in [3.05, 3.63) is 27.2 Å². The summed E-state index contributed by atoms with van der Waals surface area (Å²) in [6.07, 6.45) is 3.31. The van der Waals surface area contributed by atoms with Gasteiger partial charge in [-0.1, -0.05) is 0 Å². The third-order valence-electron chi connectivity index (χ3n) is 3.00. The number of rotatable bonds is 1. The standard InChI is InChI=1S/C12H16BrNO/c1-12(2,14)9-6-7-4-3-5-8(7)10(13)11(9)15/h6,15H,3-5,14H2,1-2H3. The summed E-state index contributed by atoms with van der Waals surface area (Å²) in [5.41, 5.74) is 8.95. The predicted octanol–water partition coefficient (Wildman–Crippen LogP) is 2.84. The third-order valence-corrected chi connectivity index (χ3v) is 3.86. The monoisotopic (exact) mass is 269 g/mol. The van der Waals surface area contributed by atoms with Gasteiger partial charge in [0, 0.05) is 11.1 Å². The zero-order chi connectivity index (χ0) is 11.2. The van der Waals surface area contributed by atoms with Crippen molar-refractivity contribution in [1.82, 2.24) is 0 Å². The molecule has 1 aliphatic rings. The van der Waals surface area contributed by atoms with Crippen LogP contribution in [0.1, 0.15) is 37.0 Å². The Bertz CT molecular complexity index is 407. The van der Waals surface area contributed by atoms with Crippen molar-refractivity contribution in [3.63, 3.8) is 0 Å². The number of fused-ring (bicyclic) bond motifs is 1. The first kappa shape index (κ1) is 11.0. The van der Waals surface area contributed by atoms with E-state index in [9.17, 15) is 5.11 Å². The lowest BCUT2D eigenvalue weighted by molar-refractivity contribution is 0.436. The van der Waals surface area contributed by atoms with E-state index >= 15 is 0 Å². The van der Waals surface area contributed by atoms with Crippen molar-refractivity contribution in [2.24, 2.45) is 5.73 Å². The summed E-state index contributed by atoms with van der Waals surface area (Å²) in [6.45, 7) is 3.83. The third kappa shape index (κ3) is 1.79. The molecule has 0 saturated heterocycles. The van der Waals surface area contributed by atoms with E-state index in [4.69, 9.17) is 5.73 Å². The molecule has 15 heavy (non-hydrogen) atoms. The van der Waals surface area contributed by atoms with E-state index in [0.717, 1.165) is 22.9 Å². The summed E-state index contributed by atoms with van der Waals surface area (Å²) in [6, 6.07) is 2.06. The van der Waals surface area contributed by atoms with Crippen molar-refractivity contribution in [2.45, 2.75) is 38.6 Å². The molecule has 82 valence electrons. The average Bonchev–Trinajstić information content (AvgIpc) is 2.57. The number of phenolic OH excluding ortho intramolecular Hbond substituents is 1. The van der Waals surface area contributed by atoms with Crippen LogP contribution in [0.2, 0.25) is 0 Å². The molecule has 1 aliphatic carbocycles. The number of aromatic hydroxyl groups is 1. The zero-order valence-corrected chi connectivity index (χ0v) is 10.7. The zero-order valence-electron chi connectivity index (χ0n) is 9.10. The highest BCUT2D eigenvalue weighted by Crippen LogP contribution is 2.41. The Balaban J connectivity index is 2.64. The van der Waals surface area contributed by atoms with Crippen molar-refractivity contribution < 1.29 is 5.11 Å². The summed E-state index contributed by atoms with van der Waals surface area (Å²) in [5, 5.41) is 10.1. The van der Waals surface area contributed by atoms with Gasteiger partial charge in [-0.25, -0.2) is 0 Å². The molecule has 0 saturated carbocycles. The molecule has 0 amide bonds. The summed E-state index contributed by atoms with van der Waals surface area (Å²) in [7, 11) is 0. The first-order chi connectivity index (χ1) is 6.91. The minimum atomic E-state index is -0.496. The molecule has 0 unspecified atom stereocenters. The van der Waals surface area contributed by atoms with Crippen LogP contribution in [0.3, 0.4) is 0 Å². The smallest absolute Gasteiger partial charge is 0.135 e. The maximum atomic E-state index is 10.1. The molecule has 0 heterocycles. The van der Waals surface area contributed by atoms with Gasteiger partial charge in [-0.05, 0) is 66.2 Å². The van der Waals surface area contributed by atoms with Crippen LogP contribution >= 0.6 is 15.9 Å². The summed E-state index contributed by atoms with van der Waals surface area (Å²) < 4.78 is 0.839. The number of aryl methyl sites for hydroxylation is 1. The molecule has 0 aromatic heterocycles. The van der Waals surface area contributed by atoms with Crippen LogP contribution in [0.25, 0.3) is 0 Å². The highest BCUT2D eigenvalue weighted by atomic mass is 79.9. The fourth-order valence-corrected chi connectivity index (χ4v) is 2.84. The molecule has 3 heteroatoms. The maximum Gasteiger partial charge on any atom is 0.135 e. The molecule has 0 radical (unpaired) electrons. The maximum absolute atomic E-state index is 10.1. The minimum absolute atomic E-state index is 0.308. The lowest BCUT2D eigenvalue weighted by Crippen LogP contribution is -2.29. The average molecular weight is 270 g/mol. The van der Waals surface area contributed by atoms with Gasteiger partial charge in [0.25, 0.3) is 0 Å². The Morgan fingerprint density at radius 2 is 2.07 bits per heavy atom. The van der Waals surface area contributed by atoms with Crippen LogP contribution in [0, 0.1) is 0 Å².